The van der Waals surface area contributed by atoms with Gasteiger partial charge in [-0.1, -0.05) is 84.6 Å². The van der Waals surface area contributed by atoms with Crippen LogP contribution in [0.5, 0.6) is 5.75 Å². The largest absolute Gasteiger partial charge is 0.494 e. The van der Waals surface area contributed by atoms with Crippen LogP contribution in [0.3, 0.4) is 0 Å². The van der Waals surface area contributed by atoms with Gasteiger partial charge in [-0.2, -0.15) is 5.10 Å². The van der Waals surface area contributed by atoms with Crippen LogP contribution < -0.4 is 4.74 Å². The van der Waals surface area contributed by atoms with E-state index in [0.717, 1.165) is 33.8 Å². The van der Waals surface area contributed by atoms with Gasteiger partial charge in [-0.25, -0.2) is 4.68 Å². The minimum Gasteiger partial charge on any atom is -0.494 e. The smallest absolute Gasteiger partial charge is 0.266 e. The standard InChI is InChI=1S/C29H25N3O2S2/c1-3-34-25-16-10-13-22(17-25)27-23(19-31(30-27)24-14-8-5-9-15-24)18-26-28(33)32(29(35)36-26)20(2)21-11-6-4-7-12-21/h4-20H,3H2,1-2H3/b26-18-/t20-/m1/s1. The number of para-hydroxylation sites is 1. The molecule has 1 atom stereocenters. The van der Waals surface area contributed by atoms with Crippen molar-refractivity contribution in [3.8, 4) is 22.7 Å². The normalized spacial score (nSPS) is 15.5. The number of carbonyl (C=O) groups excluding carboxylic acids is 1. The minimum atomic E-state index is -0.154. The molecule has 1 aliphatic rings. The molecule has 0 N–H and O–H groups in total. The Morgan fingerprint density at radius 2 is 1.75 bits per heavy atom. The molecule has 0 radical (unpaired) electrons. The van der Waals surface area contributed by atoms with Crippen molar-refractivity contribution >= 4 is 40.3 Å². The van der Waals surface area contributed by atoms with E-state index in [0.29, 0.717) is 15.8 Å². The zero-order valence-electron chi connectivity index (χ0n) is 20.0. The highest BCUT2D eigenvalue weighted by atomic mass is 32.2. The molecule has 0 saturated carbocycles. The van der Waals surface area contributed by atoms with Crippen molar-refractivity contribution in [1.82, 2.24) is 14.7 Å². The molecule has 4 aromatic rings. The Labute approximate surface area is 220 Å². The maximum atomic E-state index is 13.5. The quantitative estimate of drug-likeness (QED) is 0.199. The second kappa shape index (κ2) is 10.5. The fourth-order valence-corrected chi connectivity index (χ4v) is 5.58. The van der Waals surface area contributed by atoms with Crippen LogP contribution >= 0.6 is 24.0 Å². The second-order valence-electron chi connectivity index (χ2n) is 8.31. The van der Waals surface area contributed by atoms with Crippen molar-refractivity contribution in [1.29, 1.82) is 0 Å². The summed E-state index contributed by atoms with van der Waals surface area (Å²) in [5, 5.41) is 4.89. The van der Waals surface area contributed by atoms with E-state index in [2.05, 4.69) is 0 Å². The third kappa shape index (κ3) is 4.85. The number of hydrogen-bond acceptors (Lipinski definition) is 5. The number of benzene rings is 3. The highest BCUT2D eigenvalue weighted by Gasteiger charge is 2.36. The molecule has 36 heavy (non-hydrogen) atoms. The van der Waals surface area contributed by atoms with Gasteiger partial charge in [0.1, 0.15) is 15.8 Å². The van der Waals surface area contributed by atoms with E-state index in [1.807, 2.05) is 116 Å². The molecule has 1 saturated heterocycles. The van der Waals surface area contributed by atoms with Crippen molar-refractivity contribution in [2.75, 3.05) is 6.61 Å². The molecule has 1 fully saturated rings. The van der Waals surface area contributed by atoms with Crippen LogP contribution in [-0.4, -0.2) is 31.5 Å². The highest BCUT2D eigenvalue weighted by molar-refractivity contribution is 8.26. The molecule has 2 heterocycles. The molecular formula is C29H25N3O2S2. The molecule has 0 spiro atoms. The van der Waals surface area contributed by atoms with E-state index < -0.39 is 0 Å². The first kappa shape index (κ1) is 24.0. The number of hydrogen-bond donors (Lipinski definition) is 0. The summed E-state index contributed by atoms with van der Waals surface area (Å²) >= 11 is 6.96. The zero-order chi connectivity index (χ0) is 25.1. The van der Waals surface area contributed by atoms with Gasteiger partial charge in [0, 0.05) is 17.3 Å². The van der Waals surface area contributed by atoms with Gasteiger partial charge in [0.05, 0.1) is 23.2 Å². The molecule has 0 aliphatic carbocycles. The van der Waals surface area contributed by atoms with Gasteiger partial charge in [0.15, 0.2) is 0 Å². The van der Waals surface area contributed by atoms with E-state index in [1.165, 1.54) is 11.8 Å². The molecule has 180 valence electrons. The maximum Gasteiger partial charge on any atom is 0.266 e. The lowest BCUT2D eigenvalue weighted by molar-refractivity contribution is -0.123. The van der Waals surface area contributed by atoms with Gasteiger partial charge >= 0.3 is 0 Å². The van der Waals surface area contributed by atoms with Crippen molar-refractivity contribution < 1.29 is 9.53 Å². The van der Waals surface area contributed by atoms with Crippen molar-refractivity contribution in [2.45, 2.75) is 19.9 Å². The maximum absolute atomic E-state index is 13.5. The Balaban J connectivity index is 1.55. The number of nitrogens with zero attached hydrogens (tertiary/aromatic N) is 3. The number of amides is 1. The summed E-state index contributed by atoms with van der Waals surface area (Å²) in [6, 6.07) is 27.6. The Kier molecular flexibility index (Phi) is 7.02. The number of aromatic nitrogens is 2. The highest BCUT2D eigenvalue weighted by Crippen LogP contribution is 2.39. The first-order valence-electron chi connectivity index (χ1n) is 11.8. The van der Waals surface area contributed by atoms with Gasteiger partial charge in [0.25, 0.3) is 5.91 Å². The van der Waals surface area contributed by atoms with Crippen LogP contribution in [0.1, 0.15) is 31.0 Å². The predicted molar refractivity (Wildman–Crippen MR) is 150 cm³/mol. The molecule has 1 amide bonds. The second-order valence-corrected chi connectivity index (χ2v) is 9.99. The van der Waals surface area contributed by atoms with E-state index in [4.69, 9.17) is 22.1 Å². The fourth-order valence-electron chi connectivity index (χ4n) is 4.17. The Bertz CT molecular complexity index is 1430. The number of thioether (sulfide) groups is 1. The Morgan fingerprint density at radius 1 is 1.03 bits per heavy atom. The molecule has 3 aromatic carbocycles. The molecular weight excluding hydrogens is 486 g/mol. The molecule has 1 aliphatic heterocycles. The van der Waals surface area contributed by atoms with Gasteiger partial charge in [-0.3, -0.25) is 9.69 Å². The SMILES string of the molecule is CCOc1cccc(-c2nn(-c3ccccc3)cc2/C=C2\SC(=S)N([C@H](C)c3ccccc3)C2=O)c1. The van der Waals surface area contributed by atoms with Gasteiger partial charge < -0.3 is 4.74 Å². The average Bonchev–Trinajstić information content (AvgIpc) is 3.45. The summed E-state index contributed by atoms with van der Waals surface area (Å²) in [6.07, 6.45) is 3.84. The van der Waals surface area contributed by atoms with Crippen LogP contribution in [0.2, 0.25) is 0 Å². The Morgan fingerprint density at radius 3 is 2.47 bits per heavy atom. The van der Waals surface area contributed by atoms with Crippen LogP contribution in [-0.2, 0) is 4.79 Å². The number of carbonyl (C=O) groups is 1. The minimum absolute atomic E-state index is 0.0946. The monoisotopic (exact) mass is 511 g/mol. The van der Waals surface area contributed by atoms with Crippen molar-refractivity contribution in [3.05, 3.63) is 107 Å². The molecule has 5 rings (SSSR count). The lowest BCUT2D eigenvalue weighted by Crippen LogP contribution is -2.30. The van der Waals surface area contributed by atoms with Crippen LogP contribution in [0, 0.1) is 0 Å². The van der Waals surface area contributed by atoms with E-state index in [1.54, 1.807) is 4.90 Å². The van der Waals surface area contributed by atoms with Crippen molar-refractivity contribution in [3.63, 3.8) is 0 Å². The lowest BCUT2D eigenvalue weighted by atomic mass is 10.1. The summed E-state index contributed by atoms with van der Waals surface area (Å²) in [5.74, 6) is 0.682. The number of thiocarbonyl (C=S) groups is 1. The van der Waals surface area contributed by atoms with E-state index in [-0.39, 0.29) is 11.9 Å². The Hall–Kier alpha value is -3.68. The topological polar surface area (TPSA) is 47.4 Å². The number of rotatable bonds is 7. The molecule has 7 heteroatoms. The summed E-state index contributed by atoms with van der Waals surface area (Å²) in [7, 11) is 0. The van der Waals surface area contributed by atoms with Gasteiger partial charge in [-0.05, 0) is 49.8 Å². The number of ether oxygens (including phenoxy) is 1. The summed E-state index contributed by atoms with van der Waals surface area (Å²) in [5.41, 5.74) is 4.49. The molecule has 5 nitrogen and oxygen atoms in total. The lowest BCUT2D eigenvalue weighted by Gasteiger charge is -2.23. The summed E-state index contributed by atoms with van der Waals surface area (Å²) in [6.45, 7) is 4.54. The predicted octanol–water partition coefficient (Wildman–Crippen LogP) is 6.90. The first-order valence-corrected chi connectivity index (χ1v) is 13.0. The van der Waals surface area contributed by atoms with Gasteiger partial charge in [0.2, 0.25) is 0 Å². The van der Waals surface area contributed by atoms with E-state index >= 15 is 0 Å². The molecule has 0 bridgehead atoms. The zero-order valence-corrected chi connectivity index (χ0v) is 21.6. The van der Waals surface area contributed by atoms with Crippen molar-refractivity contribution in [2.24, 2.45) is 0 Å². The third-order valence-electron chi connectivity index (χ3n) is 5.96. The summed E-state index contributed by atoms with van der Waals surface area (Å²) < 4.78 is 8.10. The van der Waals surface area contributed by atoms with Crippen LogP contribution in [0.25, 0.3) is 23.0 Å². The third-order valence-corrected chi connectivity index (χ3v) is 7.29. The first-order chi connectivity index (χ1) is 17.5. The fraction of sp³-hybridized carbons (Fsp3) is 0.138. The average molecular weight is 512 g/mol. The molecule has 1 aromatic heterocycles. The molecule has 0 unspecified atom stereocenters. The van der Waals surface area contributed by atoms with E-state index in [9.17, 15) is 4.79 Å². The van der Waals surface area contributed by atoms with Gasteiger partial charge in [-0.15, -0.1) is 0 Å². The van der Waals surface area contributed by atoms with Crippen LogP contribution in [0.15, 0.2) is 96.0 Å². The summed E-state index contributed by atoms with van der Waals surface area (Å²) in [4.78, 5) is 15.8. The van der Waals surface area contributed by atoms with Crippen LogP contribution in [0.4, 0.5) is 0 Å².